The van der Waals surface area contributed by atoms with E-state index in [-0.39, 0.29) is 6.10 Å². The Balaban J connectivity index is 1.73. The number of fused-ring (bicyclic) bond motifs is 1. The summed E-state index contributed by atoms with van der Waals surface area (Å²) in [4.78, 5) is 4.85. The molecule has 1 atom stereocenters. The summed E-state index contributed by atoms with van der Waals surface area (Å²) in [5.41, 5.74) is 5.85. The molecule has 0 N–H and O–H groups in total. The van der Waals surface area contributed by atoms with Gasteiger partial charge in [0.15, 0.2) is 0 Å². The highest BCUT2D eigenvalue weighted by molar-refractivity contribution is 6.00. The monoisotopic (exact) mass is 461 g/mol. The predicted octanol–water partition coefficient (Wildman–Crippen LogP) is 9.48. The highest BCUT2D eigenvalue weighted by atomic mass is 16.5. The van der Waals surface area contributed by atoms with Crippen LogP contribution in [0, 0.1) is 0 Å². The van der Waals surface area contributed by atoms with Crippen molar-refractivity contribution in [3.05, 3.63) is 96.1 Å². The van der Waals surface area contributed by atoms with Crippen LogP contribution in [0.3, 0.4) is 0 Å². The fourth-order valence-corrected chi connectivity index (χ4v) is 5.18. The van der Waals surface area contributed by atoms with Gasteiger partial charge in [-0.25, -0.2) is 0 Å². The predicted molar refractivity (Wildman–Crippen MR) is 149 cm³/mol. The van der Waals surface area contributed by atoms with E-state index in [0.717, 1.165) is 23.4 Å². The van der Waals surface area contributed by atoms with Gasteiger partial charge >= 0.3 is 0 Å². The van der Waals surface area contributed by atoms with Crippen molar-refractivity contribution in [2.45, 2.75) is 64.4 Å². The third-order valence-electron chi connectivity index (χ3n) is 7.30. The number of nitrogens with zero attached hydrogens (tertiary/aromatic N) is 1. The Kier molecular flexibility index (Phi) is 7.28. The minimum atomic E-state index is 0.119. The minimum Gasteiger partial charge on any atom is -0.489 e. The van der Waals surface area contributed by atoms with Gasteiger partial charge in [0.2, 0.25) is 0 Å². The van der Waals surface area contributed by atoms with Crippen LogP contribution < -0.4 is 4.74 Å². The smallest absolute Gasteiger partial charge is 0.136 e. The van der Waals surface area contributed by atoms with Crippen molar-refractivity contribution in [1.82, 2.24) is 0 Å². The number of hydrogen-bond acceptors (Lipinski definition) is 2. The fourth-order valence-electron chi connectivity index (χ4n) is 5.18. The summed E-state index contributed by atoms with van der Waals surface area (Å²) >= 11 is 0. The van der Waals surface area contributed by atoms with Crippen molar-refractivity contribution >= 4 is 22.7 Å². The molecule has 0 radical (unpaired) electrons. The van der Waals surface area contributed by atoms with Gasteiger partial charge in [-0.15, -0.1) is 0 Å². The highest BCUT2D eigenvalue weighted by Gasteiger charge is 2.22. The zero-order valence-corrected chi connectivity index (χ0v) is 20.9. The van der Waals surface area contributed by atoms with E-state index in [9.17, 15) is 0 Å². The Hall–Kier alpha value is -3.39. The molecule has 4 aromatic carbocycles. The molecule has 1 unspecified atom stereocenters. The lowest BCUT2D eigenvalue weighted by molar-refractivity contribution is 0.218. The maximum atomic E-state index is 6.67. The van der Waals surface area contributed by atoms with E-state index in [1.54, 1.807) is 0 Å². The fraction of sp³-hybridized carbons (Fsp3) is 0.303. The number of benzene rings is 4. The molecule has 2 nitrogen and oxygen atoms in total. The molecular formula is C33H35NO. The average Bonchev–Trinajstić information content (AvgIpc) is 2.93. The number of rotatable bonds is 7. The largest absolute Gasteiger partial charge is 0.489 e. The molecule has 0 spiro atoms. The van der Waals surface area contributed by atoms with Crippen molar-refractivity contribution < 1.29 is 4.74 Å². The molecule has 0 amide bonds. The van der Waals surface area contributed by atoms with E-state index >= 15 is 0 Å². The maximum absolute atomic E-state index is 6.67. The van der Waals surface area contributed by atoms with E-state index in [2.05, 4.69) is 68.4 Å². The molecule has 1 aliphatic carbocycles. The van der Waals surface area contributed by atoms with E-state index in [1.807, 2.05) is 36.5 Å². The zero-order chi connectivity index (χ0) is 24.0. The molecule has 1 saturated carbocycles. The molecule has 178 valence electrons. The standard InChI is InChI=1S/C33H35NO/c1-3-24(2)35-33-28(23-34-29-17-8-5-9-18-29)21-27(25-13-6-4-7-14-25)22-32(33)31-20-12-16-26-15-10-11-19-30(26)31/h5,8-12,15-25H,3-4,6-7,13-14H2,1-2H3. The van der Waals surface area contributed by atoms with E-state index in [1.165, 1.54) is 59.6 Å². The van der Waals surface area contributed by atoms with Crippen LogP contribution in [-0.2, 0) is 0 Å². The van der Waals surface area contributed by atoms with Crippen LogP contribution in [-0.4, -0.2) is 12.3 Å². The Bertz CT molecular complexity index is 1300. The van der Waals surface area contributed by atoms with Crippen molar-refractivity contribution in [3.8, 4) is 16.9 Å². The quantitative estimate of drug-likeness (QED) is 0.251. The molecule has 0 aliphatic heterocycles. The maximum Gasteiger partial charge on any atom is 0.136 e. The van der Waals surface area contributed by atoms with Gasteiger partial charge < -0.3 is 4.74 Å². The molecule has 0 aromatic heterocycles. The summed E-state index contributed by atoms with van der Waals surface area (Å²) in [6, 6.07) is 30.2. The summed E-state index contributed by atoms with van der Waals surface area (Å²) in [5, 5.41) is 2.51. The van der Waals surface area contributed by atoms with Crippen LogP contribution in [0.5, 0.6) is 5.75 Å². The summed E-state index contributed by atoms with van der Waals surface area (Å²) < 4.78 is 6.67. The molecule has 35 heavy (non-hydrogen) atoms. The summed E-state index contributed by atoms with van der Waals surface area (Å²) in [6.07, 6.45) is 9.58. The Morgan fingerprint density at radius 3 is 2.40 bits per heavy atom. The van der Waals surface area contributed by atoms with Gasteiger partial charge in [-0.1, -0.05) is 86.8 Å². The Morgan fingerprint density at radius 2 is 1.60 bits per heavy atom. The summed E-state index contributed by atoms with van der Waals surface area (Å²) in [5.74, 6) is 1.54. The molecule has 5 rings (SSSR count). The third kappa shape index (κ3) is 5.32. The molecule has 0 bridgehead atoms. The van der Waals surface area contributed by atoms with Crippen molar-refractivity contribution in [1.29, 1.82) is 0 Å². The normalized spacial score (nSPS) is 15.5. The van der Waals surface area contributed by atoms with Crippen LogP contribution >= 0.6 is 0 Å². The van der Waals surface area contributed by atoms with Gasteiger partial charge in [-0.05, 0) is 78.3 Å². The van der Waals surface area contributed by atoms with Crippen LogP contribution in [0.4, 0.5) is 5.69 Å². The second-order valence-electron chi connectivity index (χ2n) is 9.78. The SMILES string of the molecule is CCC(C)Oc1c(C=Nc2ccccc2)cc(C2CCCCC2)cc1-c1cccc2ccccc12. The first-order valence-corrected chi connectivity index (χ1v) is 13.1. The van der Waals surface area contributed by atoms with Gasteiger partial charge in [0.1, 0.15) is 5.75 Å². The number of aliphatic imine (C=N–C) groups is 1. The summed E-state index contributed by atoms with van der Waals surface area (Å²) in [7, 11) is 0. The van der Waals surface area contributed by atoms with Crippen molar-refractivity contribution in [2.75, 3.05) is 0 Å². The Morgan fingerprint density at radius 1 is 0.857 bits per heavy atom. The second-order valence-corrected chi connectivity index (χ2v) is 9.78. The van der Waals surface area contributed by atoms with Crippen LogP contribution in [0.2, 0.25) is 0 Å². The lowest BCUT2D eigenvalue weighted by Crippen LogP contribution is -2.13. The molecule has 1 fully saturated rings. The first-order valence-electron chi connectivity index (χ1n) is 13.1. The van der Waals surface area contributed by atoms with Gasteiger partial charge in [0.25, 0.3) is 0 Å². The number of para-hydroxylation sites is 1. The lowest BCUT2D eigenvalue weighted by atomic mass is 9.82. The van der Waals surface area contributed by atoms with Crippen LogP contribution in [0.15, 0.2) is 89.9 Å². The van der Waals surface area contributed by atoms with Gasteiger partial charge in [0, 0.05) is 17.3 Å². The minimum absolute atomic E-state index is 0.119. The highest BCUT2D eigenvalue weighted by Crippen LogP contribution is 2.42. The van der Waals surface area contributed by atoms with Gasteiger partial charge in [-0.2, -0.15) is 0 Å². The molecule has 0 saturated heterocycles. The molecule has 4 aromatic rings. The average molecular weight is 462 g/mol. The molecular weight excluding hydrogens is 426 g/mol. The van der Waals surface area contributed by atoms with Crippen LogP contribution in [0.1, 0.15) is 69.4 Å². The summed E-state index contributed by atoms with van der Waals surface area (Å²) in [6.45, 7) is 4.33. The van der Waals surface area contributed by atoms with E-state index < -0.39 is 0 Å². The van der Waals surface area contributed by atoms with E-state index in [0.29, 0.717) is 5.92 Å². The van der Waals surface area contributed by atoms with Gasteiger partial charge in [-0.3, -0.25) is 4.99 Å². The zero-order valence-electron chi connectivity index (χ0n) is 20.9. The van der Waals surface area contributed by atoms with Crippen molar-refractivity contribution in [2.24, 2.45) is 4.99 Å². The number of hydrogen-bond donors (Lipinski definition) is 0. The first kappa shape index (κ1) is 23.4. The molecule has 1 aliphatic rings. The van der Waals surface area contributed by atoms with Crippen molar-refractivity contribution in [3.63, 3.8) is 0 Å². The lowest BCUT2D eigenvalue weighted by Gasteiger charge is -2.26. The number of ether oxygens (including phenoxy) is 1. The van der Waals surface area contributed by atoms with E-state index in [4.69, 9.17) is 9.73 Å². The first-order chi connectivity index (χ1) is 17.2. The topological polar surface area (TPSA) is 21.6 Å². The second kappa shape index (κ2) is 10.9. The Labute approximate surface area is 209 Å². The molecule has 2 heteroatoms. The third-order valence-corrected chi connectivity index (χ3v) is 7.30. The van der Waals surface area contributed by atoms with Gasteiger partial charge in [0.05, 0.1) is 11.8 Å². The molecule has 0 heterocycles. The van der Waals surface area contributed by atoms with Crippen LogP contribution in [0.25, 0.3) is 21.9 Å².